The number of hydrogen-bond donors (Lipinski definition) is 0. The first-order chi connectivity index (χ1) is 15.1. The summed E-state index contributed by atoms with van der Waals surface area (Å²) in [4.78, 5) is 34.2. The number of fused-ring (bicyclic) bond motifs is 1. The summed E-state index contributed by atoms with van der Waals surface area (Å²) in [5, 5.41) is 0. The predicted octanol–water partition coefficient (Wildman–Crippen LogP) is 3.46. The molecule has 0 bridgehead atoms. The van der Waals surface area contributed by atoms with E-state index in [4.69, 9.17) is 9.72 Å². The summed E-state index contributed by atoms with van der Waals surface area (Å²) in [6.45, 7) is 8.41. The number of anilines is 1. The zero-order valence-corrected chi connectivity index (χ0v) is 18.8. The molecule has 2 fully saturated rings. The third-order valence-corrected chi connectivity index (χ3v) is 6.64. The molecule has 0 saturated carbocycles. The van der Waals surface area contributed by atoms with Gasteiger partial charge in [-0.15, -0.1) is 0 Å². The van der Waals surface area contributed by atoms with Crippen LogP contribution in [0.25, 0.3) is 11.0 Å². The van der Waals surface area contributed by atoms with Crippen LogP contribution in [0.4, 0.5) is 5.95 Å². The Kier molecular flexibility index (Phi) is 6.78. The number of carbonyl (C=O) groups is 2. The van der Waals surface area contributed by atoms with Crippen molar-refractivity contribution in [2.45, 2.75) is 52.5 Å². The number of likely N-dealkylation sites (tertiary alicyclic amines) is 1. The molecule has 3 heterocycles. The van der Waals surface area contributed by atoms with E-state index in [9.17, 15) is 9.59 Å². The second-order valence-corrected chi connectivity index (χ2v) is 8.67. The van der Waals surface area contributed by atoms with E-state index in [0.717, 1.165) is 50.4 Å². The highest BCUT2D eigenvalue weighted by atomic mass is 16.5. The summed E-state index contributed by atoms with van der Waals surface area (Å²) in [7, 11) is 0. The van der Waals surface area contributed by atoms with E-state index in [1.165, 1.54) is 5.52 Å². The molecule has 0 spiro atoms. The Bertz CT molecular complexity index is 909. The lowest BCUT2D eigenvalue weighted by Crippen LogP contribution is -2.46. The molecule has 7 heteroatoms. The highest BCUT2D eigenvalue weighted by Crippen LogP contribution is 2.29. The maximum absolute atomic E-state index is 13.1. The third-order valence-electron chi connectivity index (χ3n) is 6.64. The first-order valence-corrected chi connectivity index (χ1v) is 11.8. The summed E-state index contributed by atoms with van der Waals surface area (Å²) in [5.41, 5.74) is 2.22. The number of esters is 1. The van der Waals surface area contributed by atoms with Gasteiger partial charge in [-0.25, -0.2) is 4.98 Å². The van der Waals surface area contributed by atoms with Crippen LogP contribution in [0, 0.1) is 11.8 Å². The topological polar surface area (TPSA) is 67.7 Å². The molecule has 0 radical (unpaired) electrons. The van der Waals surface area contributed by atoms with Crippen LogP contribution in [0.2, 0.25) is 0 Å². The lowest BCUT2D eigenvalue weighted by molar-refractivity contribution is -0.151. The van der Waals surface area contributed by atoms with Crippen LogP contribution in [0.3, 0.4) is 0 Å². The molecule has 7 nitrogen and oxygen atoms in total. The summed E-state index contributed by atoms with van der Waals surface area (Å²) in [6, 6.07) is 8.31. The van der Waals surface area contributed by atoms with Crippen molar-refractivity contribution in [1.29, 1.82) is 0 Å². The van der Waals surface area contributed by atoms with Crippen molar-refractivity contribution in [3.8, 4) is 0 Å². The van der Waals surface area contributed by atoms with Gasteiger partial charge in [0.2, 0.25) is 11.9 Å². The number of ether oxygens (including phenoxy) is 1. The second kappa shape index (κ2) is 9.71. The third kappa shape index (κ3) is 4.55. The van der Waals surface area contributed by atoms with Crippen molar-refractivity contribution in [3.63, 3.8) is 0 Å². The first-order valence-electron chi connectivity index (χ1n) is 11.8. The minimum absolute atomic E-state index is 0.0580. The van der Waals surface area contributed by atoms with Gasteiger partial charge in [0.15, 0.2) is 0 Å². The summed E-state index contributed by atoms with van der Waals surface area (Å²) in [6.07, 6.45) is 4.19. The minimum atomic E-state index is -0.113. The lowest BCUT2D eigenvalue weighted by atomic mass is 9.92. The van der Waals surface area contributed by atoms with Crippen LogP contribution < -0.4 is 4.90 Å². The molecule has 0 atom stereocenters. The van der Waals surface area contributed by atoms with Gasteiger partial charge < -0.3 is 19.1 Å². The Morgan fingerprint density at radius 3 is 2.35 bits per heavy atom. The molecule has 1 aromatic carbocycles. The zero-order valence-electron chi connectivity index (χ0n) is 18.8. The van der Waals surface area contributed by atoms with Gasteiger partial charge in [-0.3, -0.25) is 9.59 Å². The average molecular weight is 427 g/mol. The van der Waals surface area contributed by atoms with E-state index in [1.807, 2.05) is 17.9 Å². The smallest absolute Gasteiger partial charge is 0.309 e. The van der Waals surface area contributed by atoms with E-state index < -0.39 is 0 Å². The molecule has 31 heavy (non-hydrogen) atoms. The molecule has 4 rings (SSSR count). The largest absolute Gasteiger partial charge is 0.466 e. The molecule has 1 amide bonds. The molecule has 0 unspecified atom stereocenters. The molecule has 0 N–H and O–H groups in total. The van der Waals surface area contributed by atoms with Gasteiger partial charge in [-0.1, -0.05) is 19.1 Å². The number of benzene rings is 1. The van der Waals surface area contributed by atoms with Crippen molar-refractivity contribution >= 4 is 28.9 Å². The van der Waals surface area contributed by atoms with E-state index in [1.54, 1.807) is 0 Å². The molecule has 1 aromatic heterocycles. The Labute approximate surface area is 184 Å². The van der Waals surface area contributed by atoms with Crippen LogP contribution in [0.1, 0.15) is 46.0 Å². The molecule has 0 aliphatic carbocycles. The van der Waals surface area contributed by atoms with Gasteiger partial charge in [0.1, 0.15) is 0 Å². The van der Waals surface area contributed by atoms with Gasteiger partial charge in [-0.05, 0) is 51.2 Å². The van der Waals surface area contributed by atoms with Crippen molar-refractivity contribution in [3.05, 3.63) is 24.3 Å². The first kappa shape index (κ1) is 21.7. The number of carbonyl (C=O) groups excluding carboxylic acids is 2. The van der Waals surface area contributed by atoms with Crippen molar-refractivity contribution < 1.29 is 14.3 Å². The number of imidazole rings is 1. The maximum Gasteiger partial charge on any atom is 0.309 e. The number of nitrogens with zero attached hydrogens (tertiary/aromatic N) is 4. The number of para-hydroxylation sites is 2. The average Bonchev–Trinajstić information content (AvgIpc) is 3.18. The van der Waals surface area contributed by atoms with Crippen LogP contribution >= 0.6 is 0 Å². The molecule has 2 aliphatic heterocycles. The van der Waals surface area contributed by atoms with Gasteiger partial charge >= 0.3 is 5.97 Å². The fourth-order valence-electron chi connectivity index (χ4n) is 4.93. The molecule has 2 aromatic rings. The van der Waals surface area contributed by atoms with Gasteiger partial charge in [0.25, 0.3) is 0 Å². The van der Waals surface area contributed by atoms with Crippen LogP contribution in [-0.2, 0) is 20.9 Å². The number of aromatic nitrogens is 2. The fraction of sp³-hybridized carbons (Fsp3) is 0.625. The SMILES string of the molecule is CCCn1c(N2CCC(C(=O)N3CCC(C(=O)OCC)CC3)CC2)nc2ccccc21. The Morgan fingerprint density at radius 1 is 1.00 bits per heavy atom. The normalized spacial score (nSPS) is 18.5. The minimum Gasteiger partial charge on any atom is -0.466 e. The van der Waals surface area contributed by atoms with Gasteiger partial charge in [0.05, 0.1) is 23.6 Å². The molecule has 2 saturated heterocycles. The number of amides is 1. The Morgan fingerprint density at radius 2 is 1.68 bits per heavy atom. The lowest BCUT2D eigenvalue weighted by Gasteiger charge is -2.37. The van der Waals surface area contributed by atoms with Gasteiger partial charge in [0, 0.05) is 38.6 Å². The second-order valence-electron chi connectivity index (χ2n) is 8.67. The Hall–Kier alpha value is -2.57. The van der Waals surface area contributed by atoms with Crippen LogP contribution in [-0.4, -0.2) is 59.1 Å². The fourth-order valence-corrected chi connectivity index (χ4v) is 4.93. The maximum atomic E-state index is 13.1. The molecule has 168 valence electrons. The van der Waals surface area contributed by atoms with Crippen molar-refractivity contribution in [1.82, 2.24) is 14.5 Å². The number of hydrogen-bond acceptors (Lipinski definition) is 5. The highest BCUT2D eigenvalue weighted by molar-refractivity contribution is 5.81. The molecule has 2 aliphatic rings. The van der Waals surface area contributed by atoms with Crippen LogP contribution in [0.15, 0.2) is 24.3 Å². The van der Waals surface area contributed by atoms with Crippen molar-refractivity contribution in [2.24, 2.45) is 11.8 Å². The standard InChI is InChI=1S/C24H34N4O3/c1-3-13-28-21-8-6-5-7-20(21)25-24(28)27-16-9-18(10-17-27)22(29)26-14-11-19(12-15-26)23(30)31-4-2/h5-8,18-19H,3-4,9-17H2,1-2H3. The highest BCUT2D eigenvalue weighted by Gasteiger charge is 2.33. The molecular weight excluding hydrogens is 392 g/mol. The van der Waals surface area contributed by atoms with Crippen molar-refractivity contribution in [2.75, 3.05) is 37.7 Å². The Balaban J connectivity index is 1.35. The van der Waals surface area contributed by atoms with E-state index in [0.29, 0.717) is 32.5 Å². The van der Waals surface area contributed by atoms with E-state index in [2.05, 4.69) is 34.6 Å². The van der Waals surface area contributed by atoms with Crippen LogP contribution in [0.5, 0.6) is 0 Å². The monoisotopic (exact) mass is 426 g/mol. The number of rotatable bonds is 6. The summed E-state index contributed by atoms with van der Waals surface area (Å²) >= 11 is 0. The quantitative estimate of drug-likeness (QED) is 0.662. The van der Waals surface area contributed by atoms with E-state index in [-0.39, 0.29) is 23.7 Å². The predicted molar refractivity (Wildman–Crippen MR) is 121 cm³/mol. The zero-order chi connectivity index (χ0) is 21.8. The summed E-state index contributed by atoms with van der Waals surface area (Å²) < 4.78 is 7.46. The van der Waals surface area contributed by atoms with E-state index >= 15 is 0 Å². The summed E-state index contributed by atoms with van der Waals surface area (Å²) in [5.74, 6) is 1.18. The number of piperidine rings is 2. The van der Waals surface area contributed by atoms with Gasteiger partial charge in [-0.2, -0.15) is 0 Å². The molecular formula is C24H34N4O3. The number of aryl methyl sites for hydroxylation is 1.